The third-order valence-electron chi connectivity index (χ3n) is 2.61. The van der Waals surface area contributed by atoms with Gasteiger partial charge in [-0.25, -0.2) is 12.7 Å². The Morgan fingerprint density at radius 3 is 2.68 bits per heavy atom. The third-order valence-corrected chi connectivity index (χ3v) is 4.95. The number of benzene rings is 1. The second-order valence-corrected chi connectivity index (χ2v) is 6.64. The molecular weight excluding hydrogens is 288 g/mol. The minimum absolute atomic E-state index is 0.0721. The zero-order valence-electron chi connectivity index (χ0n) is 10.7. The van der Waals surface area contributed by atoms with Gasteiger partial charge in [0.05, 0.1) is 22.8 Å². The van der Waals surface area contributed by atoms with Crippen molar-refractivity contribution in [3.05, 3.63) is 28.8 Å². The van der Waals surface area contributed by atoms with E-state index in [-0.39, 0.29) is 22.0 Å². The number of aliphatic hydroxyl groups excluding tert-OH is 1. The van der Waals surface area contributed by atoms with Gasteiger partial charge in [-0.15, -0.1) is 0 Å². The van der Waals surface area contributed by atoms with Crippen molar-refractivity contribution in [2.24, 2.45) is 0 Å². The lowest BCUT2D eigenvalue weighted by atomic mass is 10.2. The predicted octanol–water partition coefficient (Wildman–Crippen LogP) is 1.60. The summed E-state index contributed by atoms with van der Waals surface area (Å²) in [4.78, 5) is -0.0960. The second-order valence-electron chi connectivity index (χ2n) is 4.22. The molecule has 1 aromatic carbocycles. The molecule has 0 saturated carbocycles. The highest BCUT2D eigenvalue weighted by Gasteiger charge is 2.24. The molecule has 7 heteroatoms. The van der Waals surface area contributed by atoms with Crippen LogP contribution in [0.15, 0.2) is 23.1 Å². The first-order valence-electron chi connectivity index (χ1n) is 5.63. The van der Waals surface area contributed by atoms with Crippen molar-refractivity contribution in [3.8, 4) is 6.07 Å². The van der Waals surface area contributed by atoms with Crippen molar-refractivity contribution in [1.29, 1.82) is 5.26 Å². The monoisotopic (exact) mass is 302 g/mol. The summed E-state index contributed by atoms with van der Waals surface area (Å²) in [7, 11) is -2.35. The molecule has 0 fully saturated rings. The average Bonchev–Trinajstić information content (AvgIpc) is 2.36. The van der Waals surface area contributed by atoms with E-state index in [1.54, 1.807) is 6.92 Å². The van der Waals surface area contributed by atoms with E-state index in [2.05, 4.69) is 0 Å². The standard InChI is InChI=1S/C12H15ClN2O3S/c1-9(16)5-6-15(2)19(17,18)12-7-10(8-14)3-4-11(12)13/h3-4,7,9,16H,5-6H2,1-2H3. The molecule has 0 radical (unpaired) electrons. The Hall–Kier alpha value is -1.13. The van der Waals surface area contributed by atoms with E-state index in [4.69, 9.17) is 16.9 Å². The summed E-state index contributed by atoms with van der Waals surface area (Å²) in [5, 5.41) is 18.1. The molecule has 5 nitrogen and oxygen atoms in total. The van der Waals surface area contributed by atoms with Gasteiger partial charge >= 0.3 is 0 Å². The largest absolute Gasteiger partial charge is 0.393 e. The SMILES string of the molecule is CC(O)CCN(C)S(=O)(=O)c1cc(C#N)ccc1Cl. The maximum Gasteiger partial charge on any atom is 0.244 e. The molecule has 0 amide bonds. The smallest absolute Gasteiger partial charge is 0.244 e. The van der Waals surface area contributed by atoms with Crippen LogP contribution >= 0.6 is 11.6 Å². The minimum Gasteiger partial charge on any atom is -0.393 e. The number of hydrogen-bond donors (Lipinski definition) is 1. The summed E-state index contributed by atoms with van der Waals surface area (Å²) < 4.78 is 25.7. The predicted molar refractivity (Wildman–Crippen MR) is 72.3 cm³/mol. The fraction of sp³-hybridized carbons (Fsp3) is 0.417. The lowest BCUT2D eigenvalue weighted by Gasteiger charge is -2.18. The number of nitrogens with zero attached hydrogens (tertiary/aromatic N) is 2. The highest BCUT2D eigenvalue weighted by atomic mass is 35.5. The van der Waals surface area contributed by atoms with Crippen LogP contribution in [0.25, 0.3) is 0 Å². The van der Waals surface area contributed by atoms with E-state index in [9.17, 15) is 13.5 Å². The van der Waals surface area contributed by atoms with Crippen molar-refractivity contribution in [1.82, 2.24) is 4.31 Å². The third kappa shape index (κ3) is 3.91. The highest BCUT2D eigenvalue weighted by Crippen LogP contribution is 2.25. The summed E-state index contributed by atoms with van der Waals surface area (Å²) in [5.41, 5.74) is 0.229. The van der Waals surface area contributed by atoms with Gasteiger partial charge in [0.25, 0.3) is 0 Å². The molecule has 0 saturated heterocycles. The lowest BCUT2D eigenvalue weighted by molar-refractivity contribution is 0.177. The van der Waals surface area contributed by atoms with E-state index < -0.39 is 16.1 Å². The van der Waals surface area contributed by atoms with Gasteiger partial charge in [0.1, 0.15) is 4.90 Å². The average molecular weight is 303 g/mol. The normalized spacial score (nSPS) is 13.3. The molecule has 104 valence electrons. The Bertz CT molecular complexity index is 593. The van der Waals surface area contributed by atoms with Gasteiger partial charge in [0.2, 0.25) is 10.0 Å². The van der Waals surface area contributed by atoms with E-state index in [0.717, 1.165) is 4.31 Å². The van der Waals surface area contributed by atoms with Gasteiger partial charge in [-0.05, 0) is 31.5 Å². The van der Waals surface area contributed by atoms with E-state index in [1.165, 1.54) is 25.2 Å². The maximum atomic E-state index is 12.3. The number of rotatable bonds is 5. The van der Waals surface area contributed by atoms with Crippen LogP contribution < -0.4 is 0 Å². The molecule has 0 heterocycles. The molecular formula is C12H15ClN2O3S. The zero-order valence-corrected chi connectivity index (χ0v) is 12.2. The number of halogens is 1. The summed E-state index contributed by atoms with van der Waals surface area (Å²) in [5.74, 6) is 0. The first-order chi connectivity index (χ1) is 8.78. The molecule has 1 atom stereocenters. The first kappa shape index (κ1) is 15.9. The van der Waals surface area contributed by atoms with Gasteiger partial charge in [0.15, 0.2) is 0 Å². The van der Waals surface area contributed by atoms with Crippen molar-refractivity contribution >= 4 is 21.6 Å². The Balaban J connectivity index is 3.10. The van der Waals surface area contributed by atoms with E-state index in [0.29, 0.717) is 6.42 Å². The molecule has 0 bridgehead atoms. The summed E-state index contributed by atoms with van der Waals surface area (Å²) >= 11 is 5.88. The lowest BCUT2D eigenvalue weighted by Crippen LogP contribution is -2.29. The topological polar surface area (TPSA) is 81.4 Å². The van der Waals surface area contributed by atoms with Crippen molar-refractivity contribution in [2.45, 2.75) is 24.3 Å². The fourth-order valence-corrected chi connectivity index (χ4v) is 3.11. The number of sulfonamides is 1. The van der Waals surface area contributed by atoms with Crippen molar-refractivity contribution in [3.63, 3.8) is 0 Å². The highest BCUT2D eigenvalue weighted by molar-refractivity contribution is 7.89. The molecule has 0 spiro atoms. The molecule has 19 heavy (non-hydrogen) atoms. The number of nitriles is 1. The Labute approximate surface area is 118 Å². The van der Waals surface area contributed by atoms with Crippen LogP contribution in [0.4, 0.5) is 0 Å². The summed E-state index contributed by atoms with van der Waals surface area (Å²) in [6, 6.07) is 5.96. The molecule has 1 rings (SSSR count). The fourth-order valence-electron chi connectivity index (χ4n) is 1.43. The van der Waals surface area contributed by atoms with Gasteiger partial charge in [-0.2, -0.15) is 5.26 Å². The molecule has 0 aliphatic heterocycles. The summed E-state index contributed by atoms with van der Waals surface area (Å²) in [6.07, 6.45) is -0.260. The van der Waals surface area contributed by atoms with Gasteiger partial charge in [0, 0.05) is 13.6 Å². The molecule has 0 aliphatic carbocycles. The quantitative estimate of drug-likeness (QED) is 0.896. The molecule has 1 N–H and O–H groups in total. The van der Waals surface area contributed by atoms with Crippen LogP contribution in [-0.4, -0.2) is 37.5 Å². The van der Waals surface area contributed by atoms with Gasteiger partial charge in [-0.3, -0.25) is 0 Å². The molecule has 1 unspecified atom stereocenters. The zero-order chi connectivity index (χ0) is 14.6. The molecule has 1 aromatic rings. The minimum atomic E-state index is -3.76. The first-order valence-corrected chi connectivity index (χ1v) is 7.45. The van der Waals surface area contributed by atoms with Crippen LogP contribution in [0.5, 0.6) is 0 Å². The summed E-state index contributed by atoms with van der Waals surface area (Å²) in [6.45, 7) is 1.76. The van der Waals surface area contributed by atoms with Crippen LogP contribution in [0.3, 0.4) is 0 Å². The molecule has 0 aromatic heterocycles. The van der Waals surface area contributed by atoms with Crippen LogP contribution in [0, 0.1) is 11.3 Å². The Morgan fingerprint density at radius 1 is 1.53 bits per heavy atom. The Kier molecular flexibility index (Phi) is 5.32. The van der Waals surface area contributed by atoms with Crippen molar-refractivity contribution in [2.75, 3.05) is 13.6 Å². The van der Waals surface area contributed by atoms with Crippen LogP contribution in [0.2, 0.25) is 5.02 Å². The number of aliphatic hydroxyl groups is 1. The Morgan fingerprint density at radius 2 is 2.16 bits per heavy atom. The van der Waals surface area contributed by atoms with E-state index in [1.807, 2.05) is 6.07 Å². The second kappa shape index (κ2) is 6.35. The van der Waals surface area contributed by atoms with Crippen molar-refractivity contribution < 1.29 is 13.5 Å². The van der Waals surface area contributed by atoms with Gasteiger partial charge < -0.3 is 5.11 Å². The van der Waals surface area contributed by atoms with Gasteiger partial charge in [-0.1, -0.05) is 11.6 Å². The van der Waals surface area contributed by atoms with Crippen LogP contribution in [-0.2, 0) is 10.0 Å². The number of hydrogen-bond acceptors (Lipinski definition) is 4. The maximum absolute atomic E-state index is 12.3. The molecule has 0 aliphatic rings. The van der Waals surface area contributed by atoms with E-state index >= 15 is 0 Å². The van der Waals surface area contributed by atoms with Crippen LogP contribution in [0.1, 0.15) is 18.9 Å².